The van der Waals surface area contributed by atoms with Gasteiger partial charge in [0.25, 0.3) is 0 Å². The Kier molecular flexibility index (Phi) is 2.02. The molecule has 0 bridgehead atoms. The van der Waals surface area contributed by atoms with Gasteiger partial charge in [0.15, 0.2) is 0 Å². The van der Waals surface area contributed by atoms with Gasteiger partial charge in [-0.3, -0.25) is 0 Å². The van der Waals surface area contributed by atoms with Crippen LogP contribution in [0.5, 0.6) is 5.75 Å². The molecule has 0 unspecified atom stereocenters. The number of ether oxygens (including phenoxy) is 1. The monoisotopic (exact) mass is 217 g/mol. The first-order valence-electron chi connectivity index (χ1n) is 5.69. The van der Waals surface area contributed by atoms with E-state index in [9.17, 15) is 0 Å². The zero-order chi connectivity index (χ0) is 11.1. The molecule has 4 heteroatoms. The van der Waals surface area contributed by atoms with Gasteiger partial charge >= 0.3 is 0 Å². The van der Waals surface area contributed by atoms with Crippen LogP contribution in [0, 0.1) is 0 Å². The fraction of sp³-hybridized carbons (Fsp3) is 0.417. The van der Waals surface area contributed by atoms with E-state index in [1.807, 2.05) is 23.6 Å². The summed E-state index contributed by atoms with van der Waals surface area (Å²) in [5, 5.41) is 0. The molecule has 0 aliphatic heterocycles. The van der Waals surface area contributed by atoms with Crippen LogP contribution in [0.1, 0.15) is 31.4 Å². The molecule has 2 aromatic rings. The van der Waals surface area contributed by atoms with E-state index in [-0.39, 0.29) is 0 Å². The number of rotatable bonds is 3. The third-order valence-electron chi connectivity index (χ3n) is 2.90. The molecule has 0 spiro atoms. The van der Waals surface area contributed by atoms with Gasteiger partial charge in [0.05, 0.1) is 18.0 Å². The van der Waals surface area contributed by atoms with Gasteiger partial charge in [-0.15, -0.1) is 0 Å². The smallest absolute Gasteiger partial charge is 0.147 e. The Hall–Kier alpha value is -1.71. The molecule has 0 atom stereocenters. The van der Waals surface area contributed by atoms with Crippen molar-refractivity contribution in [2.45, 2.75) is 25.7 Å². The van der Waals surface area contributed by atoms with Gasteiger partial charge in [-0.1, -0.05) is 0 Å². The van der Waals surface area contributed by atoms with Crippen LogP contribution in [-0.2, 0) is 0 Å². The third kappa shape index (κ3) is 1.50. The average molecular weight is 217 g/mol. The standard InChI is InChI=1S/C12H15N3O/c1-2-16-11-5-12-14-10(8-3-4-8)7-15(12)6-9(11)13/h5-8H,2-4,13H2,1H3. The van der Waals surface area contributed by atoms with Crippen molar-refractivity contribution in [1.29, 1.82) is 0 Å². The van der Waals surface area contributed by atoms with Crippen LogP contribution >= 0.6 is 0 Å². The van der Waals surface area contributed by atoms with Gasteiger partial charge < -0.3 is 14.9 Å². The summed E-state index contributed by atoms with van der Waals surface area (Å²) in [4.78, 5) is 4.59. The predicted octanol–water partition coefficient (Wildman–Crippen LogP) is 2.19. The lowest BCUT2D eigenvalue weighted by Gasteiger charge is -2.06. The molecule has 0 amide bonds. The number of imidazole rings is 1. The first kappa shape index (κ1) is 9.51. The number of aromatic nitrogens is 2. The molecule has 3 rings (SSSR count). The zero-order valence-electron chi connectivity index (χ0n) is 9.31. The summed E-state index contributed by atoms with van der Waals surface area (Å²) in [5.41, 5.74) is 8.65. The largest absolute Gasteiger partial charge is 0.492 e. The maximum atomic E-state index is 5.90. The number of hydrogen-bond donors (Lipinski definition) is 1. The summed E-state index contributed by atoms with van der Waals surface area (Å²) in [7, 11) is 0. The minimum absolute atomic E-state index is 0.622. The summed E-state index contributed by atoms with van der Waals surface area (Å²) in [5.74, 6) is 1.39. The molecule has 0 saturated heterocycles. The van der Waals surface area contributed by atoms with Gasteiger partial charge in [-0.25, -0.2) is 4.98 Å². The van der Waals surface area contributed by atoms with Crippen LogP contribution in [-0.4, -0.2) is 16.0 Å². The van der Waals surface area contributed by atoms with Crippen molar-refractivity contribution in [2.24, 2.45) is 0 Å². The Morgan fingerprint density at radius 1 is 1.50 bits per heavy atom. The Morgan fingerprint density at radius 2 is 2.31 bits per heavy atom. The molecule has 1 aliphatic rings. The number of pyridine rings is 1. The number of nitrogens with zero attached hydrogens (tertiary/aromatic N) is 2. The second kappa shape index (κ2) is 3.40. The van der Waals surface area contributed by atoms with Crippen LogP contribution < -0.4 is 10.5 Å². The van der Waals surface area contributed by atoms with Crippen molar-refractivity contribution in [1.82, 2.24) is 9.38 Å². The maximum absolute atomic E-state index is 5.90. The van der Waals surface area contributed by atoms with Crippen LogP contribution in [0.15, 0.2) is 18.5 Å². The summed E-state index contributed by atoms with van der Waals surface area (Å²) < 4.78 is 7.43. The highest BCUT2D eigenvalue weighted by molar-refractivity contribution is 5.59. The number of nitrogens with two attached hydrogens (primary N) is 1. The number of fused-ring (bicyclic) bond motifs is 1. The molecular formula is C12H15N3O. The van der Waals surface area contributed by atoms with Crippen molar-refractivity contribution in [3.05, 3.63) is 24.2 Å². The number of hydrogen-bond acceptors (Lipinski definition) is 3. The highest BCUT2D eigenvalue weighted by Crippen LogP contribution is 2.39. The van der Waals surface area contributed by atoms with Crippen LogP contribution in [0.2, 0.25) is 0 Å². The molecule has 1 fully saturated rings. The van der Waals surface area contributed by atoms with E-state index in [4.69, 9.17) is 10.5 Å². The summed E-state index contributed by atoms with van der Waals surface area (Å²) in [6, 6.07) is 1.91. The summed E-state index contributed by atoms with van der Waals surface area (Å²) in [6.07, 6.45) is 6.47. The Morgan fingerprint density at radius 3 is 3.00 bits per heavy atom. The Bertz CT molecular complexity index is 528. The number of anilines is 1. The van der Waals surface area contributed by atoms with Crippen LogP contribution in [0.4, 0.5) is 5.69 Å². The predicted molar refractivity (Wildman–Crippen MR) is 62.7 cm³/mol. The van der Waals surface area contributed by atoms with E-state index in [0.29, 0.717) is 18.2 Å². The fourth-order valence-corrected chi connectivity index (χ4v) is 1.91. The van der Waals surface area contributed by atoms with E-state index in [2.05, 4.69) is 11.2 Å². The van der Waals surface area contributed by atoms with E-state index in [0.717, 1.165) is 11.4 Å². The van der Waals surface area contributed by atoms with Crippen molar-refractivity contribution >= 4 is 11.3 Å². The molecule has 2 heterocycles. The first-order chi connectivity index (χ1) is 7.78. The quantitative estimate of drug-likeness (QED) is 0.857. The molecule has 4 nitrogen and oxygen atoms in total. The zero-order valence-corrected chi connectivity index (χ0v) is 9.31. The average Bonchev–Trinajstić information content (AvgIpc) is 3.02. The molecule has 2 aromatic heterocycles. The van der Waals surface area contributed by atoms with Crippen molar-refractivity contribution in [3.8, 4) is 5.75 Å². The van der Waals surface area contributed by atoms with Crippen molar-refractivity contribution < 1.29 is 4.74 Å². The second-order valence-corrected chi connectivity index (χ2v) is 4.23. The molecule has 84 valence electrons. The van der Waals surface area contributed by atoms with Gasteiger partial charge in [-0.05, 0) is 19.8 Å². The minimum Gasteiger partial charge on any atom is -0.492 e. The minimum atomic E-state index is 0.622. The molecule has 1 saturated carbocycles. The Balaban J connectivity index is 2.08. The normalized spacial score (nSPS) is 15.6. The summed E-state index contributed by atoms with van der Waals surface area (Å²) >= 11 is 0. The lowest BCUT2D eigenvalue weighted by molar-refractivity contribution is 0.342. The van der Waals surface area contributed by atoms with E-state index in [1.54, 1.807) is 0 Å². The van der Waals surface area contributed by atoms with E-state index >= 15 is 0 Å². The van der Waals surface area contributed by atoms with Crippen molar-refractivity contribution in [2.75, 3.05) is 12.3 Å². The highest BCUT2D eigenvalue weighted by Gasteiger charge is 2.26. The van der Waals surface area contributed by atoms with Gasteiger partial charge in [-0.2, -0.15) is 0 Å². The molecule has 1 aliphatic carbocycles. The lowest BCUT2D eigenvalue weighted by atomic mass is 10.3. The molecule has 0 aromatic carbocycles. The maximum Gasteiger partial charge on any atom is 0.147 e. The highest BCUT2D eigenvalue weighted by atomic mass is 16.5. The molecule has 0 radical (unpaired) electrons. The van der Waals surface area contributed by atoms with Gasteiger partial charge in [0.1, 0.15) is 11.4 Å². The molecule has 2 N–H and O–H groups in total. The topological polar surface area (TPSA) is 52.5 Å². The second-order valence-electron chi connectivity index (χ2n) is 4.23. The molecule has 16 heavy (non-hydrogen) atoms. The SMILES string of the molecule is CCOc1cc2nc(C3CC3)cn2cc1N. The first-order valence-corrected chi connectivity index (χ1v) is 5.69. The van der Waals surface area contributed by atoms with E-state index in [1.165, 1.54) is 18.5 Å². The van der Waals surface area contributed by atoms with E-state index < -0.39 is 0 Å². The Labute approximate surface area is 94.0 Å². The van der Waals surface area contributed by atoms with Crippen molar-refractivity contribution in [3.63, 3.8) is 0 Å². The summed E-state index contributed by atoms with van der Waals surface area (Å²) in [6.45, 7) is 2.57. The van der Waals surface area contributed by atoms with Gasteiger partial charge in [0, 0.05) is 24.4 Å². The van der Waals surface area contributed by atoms with Gasteiger partial charge in [0.2, 0.25) is 0 Å². The lowest BCUT2D eigenvalue weighted by Crippen LogP contribution is -1.98. The third-order valence-corrected chi connectivity index (χ3v) is 2.90. The van der Waals surface area contributed by atoms with Crippen LogP contribution in [0.25, 0.3) is 5.65 Å². The van der Waals surface area contributed by atoms with Crippen LogP contribution in [0.3, 0.4) is 0 Å². The fourth-order valence-electron chi connectivity index (χ4n) is 1.91. The molecular weight excluding hydrogens is 202 g/mol. The number of nitrogen functional groups attached to an aromatic ring is 1.